The second kappa shape index (κ2) is 8.43. The van der Waals surface area contributed by atoms with Crippen molar-refractivity contribution in [2.24, 2.45) is 0 Å². The molecule has 0 aliphatic heterocycles. The summed E-state index contributed by atoms with van der Waals surface area (Å²) in [7, 11) is 0. The van der Waals surface area contributed by atoms with Crippen molar-refractivity contribution in [1.82, 2.24) is 0 Å². The lowest BCUT2D eigenvalue weighted by Crippen LogP contribution is -2.12. The number of nitrogens with one attached hydrogen (secondary N) is 1. The van der Waals surface area contributed by atoms with Crippen LogP contribution in [0, 0.1) is 13.8 Å². The summed E-state index contributed by atoms with van der Waals surface area (Å²) < 4.78 is 0. The third kappa shape index (κ3) is 4.69. The van der Waals surface area contributed by atoms with E-state index in [2.05, 4.69) is 36.5 Å². The van der Waals surface area contributed by atoms with Gasteiger partial charge in [0.1, 0.15) is 0 Å². The maximum absolute atomic E-state index is 12.4. The molecule has 26 heavy (non-hydrogen) atoms. The van der Waals surface area contributed by atoms with E-state index in [9.17, 15) is 4.79 Å². The van der Waals surface area contributed by atoms with Crippen molar-refractivity contribution in [3.05, 3.63) is 94.0 Å². The predicted octanol–water partition coefficient (Wildman–Crippen LogP) is 6.50. The molecule has 0 bridgehead atoms. The molecule has 0 aliphatic carbocycles. The highest BCUT2D eigenvalue weighted by Gasteiger charge is 2.09. The van der Waals surface area contributed by atoms with Crippen LogP contribution in [0.25, 0.3) is 0 Å². The highest BCUT2D eigenvalue weighted by molar-refractivity contribution is 7.98. The molecular formula is C22H20ClNOS. The zero-order valence-corrected chi connectivity index (χ0v) is 16.3. The van der Waals surface area contributed by atoms with Gasteiger partial charge in [-0.2, -0.15) is 0 Å². The number of anilines is 1. The Bertz CT molecular complexity index is 904. The summed E-state index contributed by atoms with van der Waals surface area (Å²) in [6, 6.07) is 21.7. The molecule has 3 aromatic carbocycles. The highest BCUT2D eigenvalue weighted by atomic mass is 35.5. The van der Waals surface area contributed by atoms with Gasteiger partial charge in [0.15, 0.2) is 0 Å². The molecule has 0 saturated carbocycles. The molecule has 0 radical (unpaired) electrons. The van der Waals surface area contributed by atoms with Crippen molar-refractivity contribution >= 4 is 35.0 Å². The molecule has 0 atom stereocenters. The van der Waals surface area contributed by atoms with Crippen LogP contribution in [0.3, 0.4) is 0 Å². The first-order valence-electron chi connectivity index (χ1n) is 8.38. The zero-order valence-electron chi connectivity index (χ0n) is 14.8. The summed E-state index contributed by atoms with van der Waals surface area (Å²) in [4.78, 5) is 13.7. The SMILES string of the molecule is Cc1ccc(SCc2ccc(C(=O)Nc3cccc(Cl)c3C)cc2)cc1. The van der Waals surface area contributed by atoms with Gasteiger partial charge >= 0.3 is 0 Å². The van der Waals surface area contributed by atoms with Crippen molar-refractivity contribution < 1.29 is 4.79 Å². The van der Waals surface area contributed by atoms with E-state index < -0.39 is 0 Å². The number of carbonyl (C=O) groups is 1. The Morgan fingerprint density at radius 3 is 2.35 bits per heavy atom. The molecule has 3 rings (SSSR count). The number of hydrogen-bond donors (Lipinski definition) is 1. The Hall–Kier alpha value is -2.23. The predicted molar refractivity (Wildman–Crippen MR) is 111 cm³/mol. The molecule has 0 aromatic heterocycles. The standard InChI is InChI=1S/C22H20ClNOS/c1-15-6-12-19(13-7-15)26-14-17-8-10-18(11-9-17)22(25)24-21-5-3-4-20(23)16(21)2/h3-13H,14H2,1-2H3,(H,24,25). The largest absolute Gasteiger partial charge is 0.322 e. The van der Waals surface area contributed by atoms with Crippen molar-refractivity contribution in [2.45, 2.75) is 24.5 Å². The van der Waals surface area contributed by atoms with Crippen LogP contribution < -0.4 is 5.32 Å². The number of carbonyl (C=O) groups excluding carboxylic acids is 1. The van der Waals surface area contributed by atoms with Crippen molar-refractivity contribution in [3.63, 3.8) is 0 Å². The van der Waals surface area contributed by atoms with Crippen molar-refractivity contribution in [2.75, 3.05) is 5.32 Å². The van der Waals surface area contributed by atoms with Gasteiger partial charge in [0, 0.05) is 26.9 Å². The molecule has 4 heteroatoms. The number of amides is 1. The normalized spacial score (nSPS) is 10.6. The maximum atomic E-state index is 12.4. The van der Waals surface area contributed by atoms with E-state index in [0.717, 1.165) is 17.0 Å². The lowest BCUT2D eigenvalue weighted by molar-refractivity contribution is 0.102. The Labute approximate surface area is 163 Å². The Morgan fingerprint density at radius 2 is 1.65 bits per heavy atom. The average Bonchev–Trinajstić information content (AvgIpc) is 2.65. The molecule has 0 aliphatic rings. The van der Waals surface area contributed by atoms with E-state index in [1.165, 1.54) is 16.0 Å². The van der Waals surface area contributed by atoms with E-state index in [-0.39, 0.29) is 5.91 Å². The number of benzene rings is 3. The first-order valence-corrected chi connectivity index (χ1v) is 9.74. The van der Waals surface area contributed by atoms with Gasteiger partial charge in [-0.1, -0.05) is 47.5 Å². The van der Waals surface area contributed by atoms with Gasteiger partial charge in [0.05, 0.1) is 0 Å². The summed E-state index contributed by atoms with van der Waals surface area (Å²) in [5.41, 5.74) is 4.69. The zero-order chi connectivity index (χ0) is 18.5. The van der Waals surface area contributed by atoms with Crippen LogP contribution in [0.5, 0.6) is 0 Å². The minimum absolute atomic E-state index is 0.131. The molecule has 1 N–H and O–H groups in total. The molecule has 1 amide bonds. The van der Waals surface area contributed by atoms with Gasteiger partial charge in [-0.3, -0.25) is 4.79 Å². The third-order valence-electron chi connectivity index (χ3n) is 4.16. The van der Waals surface area contributed by atoms with Crippen LogP contribution in [-0.2, 0) is 5.75 Å². The van der Waals surface area contributed by atoms with Gasteiger partial charge in [-0.15, -0.1) is 11.8 Å². The fourth-order valence-electron chi connectivity index (χ4n) is 2.49. The average molecular weight is 382 g/mol. The third-order valence-corrected chi connectivity index (χ3v) is 5.65. The summed E-state index contributed by atoms with van der Waals surface area (Å²) in [5.74, 6) is 0.742. The van der Waals surface area contributed by atoms with Crippen LogP contribution in [0.1, 0.15) is 27.0 Å². The molecule has 0 unspecified atom stereocenters. The first kappa shape index (κ1) is 18.6. The van der Waals surface area contributed by atoms with E-state index >= 15 is 0 Å². The molecule has 0 spiro atoms. The maximum Gasteiger partial charge on any atom is 0.255 e. The molecule has 2 nitrogen and oxygen atoms in total. The quantitative estimate of drug-likeness (QED) is 0.511. The summed E-state index contributed by atoms with van der Waals surface area (Å²) in [6.45, 7) is 3.98. The Morgan fingerprint density at radius 1 is 0.962 bits per heavy atom. The monoisotopic (exact) mass is 381 g/mol. The molecular weight excluding hydrogens is 362 g/mol. The Balaban J connectivity index is 1.62. The summed E-state index contributed by atoms with van der Waals surface area (Å²) in [5, 5.41) is 3.57. The lowest BCUT2D eigenvalue weighted by Gasteiger charge is -2.10. The van der Waals surface area contributed by atoms with Gasteiger partial charge in [-0.25, -0.2) is 0 Å². The number of thioether (sulfide) groups is 1. The van der Waals surface area contributed by atoms with Gasteiger partial charge < -0.3 is 5.32 Å². The number of rotatable bonds is 5. The van der Waals surface area contributed by atoms with E-state index in [4.69, 9.17) is 11.6 Å². The Kier molecular flexibility index (Phi) is 6.02. The van der Waals surface area contributed by atoms with Crippen molar-refractivity contribution in [3.8, 4) is 0 Å². The topological polar surface area (TPSA) is 29.1 Å². The molecule has 0 saturated heterocycles. The molecule has 0 fully saturated rings. The molecule has 3 aromatic rings. The van der Waals surface area contributed by atoms with Crippen LogP contribution in [-0.4, -0.2) is 5.91 Å². The van der Waals surface area contributed by atoms with Crippen LogP contribution in [0.15, 0.2) is 71.6 Å². The number of halogens is 1. The van der Waals surface area contributed by atoms with E-state index in [1.807, 2.05) is 49.4 Å². The van der Waals surface area contributed by atoms with Gasteiger partial charge in [-0.05, 0) is 61.4 Å². The van der Waals surface area contributed by atoms with Crippen LogP contribution in [0.2, 0.25) is 5.02 Å². The first-order chi connectivity index (χ1) is 12.5. The minimum atomic E-state index is -0.131. The minimum Gasteiger partial charge on any atom is -0.322 e. The smallest absolute Gasteiger partial charge is 0.255 e. The van der Waals surface area contributed by atoms with Gasteiger partial charge in [0.2, 0.25) is 0 Å². The fourth-order valence-corrected chi connectivity index (χ4v) is 3.52. The highest BCUT2D eigenvalue weighted by Crippen LogP contribution is 2.25. The second-order valence-corrected chi connectivity index (χ2v) is 7.62. The van der Waals surface area contributed by atoms with Gasteiger partial charge in [0.25, 0.3) is 5.91 Å². The summed E-state index contributed by atoms with van der Waals surface area (Å²) in [6.07, 6.45) is 0. The summed E-state index contributed by atoms with van der Waals surface area (Å²) >= 11 is 7.89. The number of aryl methyl sites for hydroxylation is 1. The fraction of sp³-hybridized carbons (Fsp3) is 0.136. The van der Waals surface area contributed by atoms with E-state index in [1.54, 1.807) is 11.8 Å². The van der Waals surface area contributed by atoms with Crippen LogP contribution in [0.4, 0.5) is 5.69 Å². The number of hydrogen-bond acceptors (Lipinski definition) is 2. The molecule has 132 valence electrons. The second-order valence-electron chi connectivity index (χ2n) is 6.17. The van der Waals surface area contributed by atoms with Crippen LogP contribution >= 0.6 is 23.4 Å². The van der Waals surface area contributed by atoms with Crippen molar-refractivity contribution in [1.29, 1.82) is 0 Å². The molecule has 0 heterocycles. The lowest BCUT2D eigenvalue weighted by atomic mass is 10.1. The van der Waals surface area contributed by atoms with E-state index in [0.29, 0.717) is 10.6 Å².